The van der Waals surface area contributed by atoms with Crippen molar-refractivity contribution in [3.8, 4) is 0 Å². The third kappa shape index (κ3) is 4.36. The van der Waals surface area contributed by atoms with Crippen molar-refractivity contribution >= 4 is 23.4 Å². The SMILES string of the molecule is CCN(N)c1ccc(/C=C/C(=O)OCc2ccccc2)c(C)c1N. The van der Waals surface area contributed by atoms with Crippen molar-refractivity contribution < 1.29 is 9.53 Å². The molecule has 24 heavy (non-hydrogen) atoms. The monoisotopic (exact) mass is 325 g/mol. The number of nitrogens with two attached hydrogens (primary N) is 2. The molecule has 0 bridgehead atoms. The first-order valence-electron chi connectivity index (χ1n) is 7.83. The first-order valence-corrected chi connectivity index (χ1v) is 7.83. The summed E-state index contributed by atoms with van der Waals surface area (Å²) in [6.45, 7) is 4.76. The van der Waals surface area contributed by atoms with Crippen molar-refractivity contribution in [2.75, 3.05) is 17.3 Å². The summed E-state index contributed by atoms with van der Waals surface area (Å²) in [6, 6.07) is 13.3. The first-order chi connectivity index (χ1) is 11.5. The van der Waals surface area contributed by atoms with E-state index in [2.05, 4.69) is 0 Å². The number of nitrogen functional groups attached to an aromatic ring is 1. The highest BCUT2D eigenvalue weighted by Crippen LogP contribution is 2.28. The van der Waals surface area contributed by atoms with E-state index in [9.17, 15) is 4.79 Å². The maximum absolute atomic E-state index is 11.8. The summed E-state index contributed by atoms with van der Waals surface area (Å²) in [6.07, 6.45) is 3.11. The molecule has 126 valence electrons. The van der Waals surface area contributed by atoms with Crippen LogP contribution in [0.3, 0.4) is 0 Å². The number of nitrogens with zero attached hydrogens (tertiary/aromatic N) is 1. The standard InChI is InChI=1S/C19H23N3O2/c1-3-22(21)17-11-9-16(14(2)19(17)20)10-12-18(23)24-13-15-7-5-4-6-8-15/h4-12H,3,13,20-21H2,1-2H3/b12-10+. The second kappa shape index (κ2) is 8.17. The highest BCUT2D eigenvalue weighted by Gasteiger charge is 2.09. The maximum Gasteiger partial charge on any atom is 0.331 e. The zero-order chi connectivity index (χ0) is 17.5. The van der Waals surface area contributed by atoms with Crippen LogP contribution in [0.5, 0.6) is 0 Å². The second-order valence-corrected chi connectivity index (χ2v) is 5.43. The van der Waals surface area contributed by atoms with E-state index in [1.807, 2.05) is 56.3 Å². The fourth-order valence-corrected chi connectivity index (χ4v) is 2.27. The molecule has 0 fully saturated rings. The number of ether oxygens (including phenoxy) is 1. The lowest BCUT2D eigenvalue weighted by Gasteiger charge is -2.20. The van der Waals surface area contributed by atoms with Crippen LogP contribution in [0.15, 0.2) is 48.5 Å². The molecule has 0 heterocycles. The van der Waals surface area contributed by atoms with Crippen LogP contribution in [0, 0.1) is 6.92 Å². The third-order valence-electron chi connectivity index (χ3n) is 3.81. The Bertz CT molecular complexity index is 727. The van der Waals surface area contributed by atoms with Crippen LogP contribution in [0.2, 0.25) is 0 Å². The summed E-state index contributed by atoms with van der Waals surface area (Å²) in [4.78, 5) is 11.8. The Morgan fingerprint density at radius 3 is 2.58 bits per heavy atom. The molecular weight excluding hydrogens is 302 g/mol. The normalized spacial score (nSPS) is 10.8. The fraction of sp³-hybridized carbons (Fsp3) is 0.211. The van der Waals surface area contributed by atoms with Gasteiger partial charge in [-0.2, -0.15) is 0 Å². The number of anilines is 2. The van der Waals surface area contributed by atoms with Crippen molar-refractivity contribution in [1.82, 2.24) is 0 Å². The molecule has 0 amide bonds. The van der Waals surface area contributed by atoms with Gasteiger partial charge in [0.05, 0.1) is 11.4 Å². The smallest absolute Gasteiger partial charge is 0.331 e. The van der Waals surface area contributed by atoms with Crippen LogP contribution in [-0.4, -0.2) is 12.5 Å². The molecular formula is C19H23N3O2. The van der Waals surface area contributed by atoms with Crippen molar-refractivity contribution in [2.24, 2.45) is 5.84 Å². The summed E-state index contributed by atoms with van der Waals surface area (Å²) in [5.74, 6) is 5.50. The van der Waals surface area contributed by atoms with Gasteiger partial charge in [0.1, 0.15) is 6.61 Å². The van der Waals surface area contributed by atoms with Gasteiger partial charge in [0, 0.05) is 12.6 Å². The van der Waals surface area contributed by atoms with E-state index in [0.717, 1.165) is 22.4 Å². The molecule has 0 aliphatic carbocycles. The zero-order valence-corrected chi connectivity index (χ0v) is 14.0. The molecule has 5 heteroatoms. The molecule has 5 nitrogen and oxygen atoms in total. The van der Waals surface area contributed by atoms with E-state index in [4.69, 9.17) is 16.3 Å². The first kappa shape index (κ1) is 17.6. The predicted octanol–water partition coefficient (Wildman–Crippen LogP) is 3.03. The Morgan fingerprint density at radius 1 is 1.21 bits per heavy atom. The maximum atomic E-state index is 11.8. The topological polar surface area (TPSA) is 81.6 Å². The van der Waals surface area contributed by atoms with Gasteiger partial charge >= 0.3 is 5.97 Å². The second-order valence-electron chi connectivity index (χ2n) is 5.43. The van der Waals surface area contributed by atoms with Crippen molar-refractivity contribution in [3.63, 3.8) is 0 Å². The summed E-state index contributed by atoms with van der Waals surface area (Å²) in [5, 5.41) is 1.59. The Morgan fingerprint density at radius 2 is 1.92 bits per heavy atom. The summed E-state index contributed by atoms with van der Waals surface area (Å²) < 4.78 is 5.21. The lowest BCUT2D eigenvalue weighted by molar-refractivity contribution is -0.138. The van der Waals surface area contributed by atoms with E-state index in [1.54, 1.807) is 11.1 Å². The van der Waals surface area contributed by atoms with E-state index in [1.165, 1.54) is 6.08 Å². The molecule has 0 unspecified atom stereocenters. The van der Waals surface area contributed by atoms with Crippen molar-refractivity contribution in [2.45, 2.75) is 20.5 Å². The van der Waals surface area contributed by atoms with Crippen LogP contribution in [0.1, 0.15) is 23.6 Å². The van der Waals surface area contributed by atoms with Crippen LogP contribution in [0.25, 0.3) is 6.08 Å². The number of hydrogen-bond acceptors (Lipinski definition) is 5. The molecule has 0 aromatic heterocycles. The Balaban J connectivity index is 2.03. The Labute approximate surface area is 142 Å². The van der Waals surface area contributed by atoms with Gasteiger partial charge in [0.25, 0.3) is 0 Å². The third-order valence-corrected chi connectivity index (χ3v) is 3.81. The number of hydrogen-bond donors (Lipinski definition) is 2. The fourth-order valence-electron chi connectivity index (χ4n) is 2.27. The molecule has 0 aliphatic rings. The highest BCUT2D eigenvalue weighted by atomic mass is 16.5. The highest BCUT2D eigenvalue weighted by molar-refractivity contribution is 5.88. The number of esters is 1. The van der Waals surface area contributed by atoms with Gasteiger partial charge in [-0.25, -0.2) is 10.6 Å². The van der Waals surface area contributed by atoms with Crippen LogP contribution >= 0.6 is 0 Å². The minimum absolute atomic E-state index is 0.253. The molecule has 0 radical (unpaired) electrons. The number of rotatable bonds is 6. The molecule has 2 aromatic carbocycles. The predicted molar refractivity (Wildman–Crippen MR) is 98.1 cm³/mol. The van der Waals surface area contributed by atoms with Crippen molar-refractivity contribution in [1.29, 1.82) is 0 Å². The summed E-state index contributed by atoms with van der Waals surface area (Å²) in [7, 11) is 0. The van der Waals surface area contributed by atoms with Gasteiger partial charge in [0.2, 0.25) is 0 Å². The molecule has 0 saturated carbocycles. The zero-order valence-electron chi connectivity index (χ0n) is 14.0. The number of hydrazine groups is 1. The largest absolute Gasteiger partial charge is 0.458 e. The molecule has 0 atom stereocenters. The number of benzene rings is 2. The quantitative estimate of drug-likeness (QED) is 0.280. The van der Waals surface area contributed by atoms with Crippen LogP contribution in [0.4, 0.5) is 11.4 Å². The van der Waals surface area contributed by atoms with Crippen LogP contribution in [-0.2, 0) is 16.1 Å². The lowest BCUT2D eigenvalue weighted by Crippen LogP contribution is -2.31. The average Bonchev–Trinajstić information content (AvgIpc) is 2.61. The van der Waals surface area contributed by atoms with Crippen LogP contribution < -0.4 is 16.6 Å². The van der Waals surface area contributed by atoms with E-state index in [0.29, 0.717) is 12.2 Å². The lowest BCUT2D eigenvalue weighted by atomic mass is 10.0. The van der Waals surface area contributed by atoms with Crippen molar-refractivity contribution in [3.05, 3.63) is 65.2 Å². The summed E-state index contributed by atoms with van der Waals surface area (Å²) in [5.41, 5.74) is 10.2. The van der Waals surface area contributed by atoms with Gasteiger partial charge in [0.15, 0.2) is 0 Å². The summed E-state index contributed by atoms with van der Waals surface area (Å²) >= 11 is 0. The molecule has 0 spiro atoms. The minimum Gasteiger partial charge on any atom is -0.458 e. The number of carbonyl (C=O) groups is 1. The molecule has 0 saturated heterocycles. The average molecular weight is 325 g/mol. The van der Waals surface area contributed by atoms with E-state index in [-0.39, 0.29) is 6.61 Å². The number of carbonyl (C=O) groups excluding carboxylic acids is 1. The van der Waals surface area contributed by atoms with Gasteiger partial charge in [-0.05, 0) is 42.7 Å². The molecule has 4 N–H and O–H groups in total. The Hall–Kier alpha value is -2.79. The molecule has 2 aromatic rings. The van der Waals surface area contributed by atoms with E-state index >= 15 is 0 Å². The van der Waals surface area contributed by atoms with Gasteiger partial charge in [-0.1, -0.05) is 36.4 Å². The molecule has 2 rings (SSSR count). The minimum atomic E-state index is -0.394. The van der Waals surface area contributed by atoms with E-state index < -0.39 is 5.97 Å². The van der Waals surface area contributed by atoms with Gasteiger partial charge < -0.3 is 15.5 Å². The Kier molecular flexibility index (Phi) is 5.98. The van der Waals surface area contributed by atoms with Gasteiger partial charge in [-0.15, -0.1) is 0 Å². The molecule has 0 aliphatic heterocycles. The van der Waals surface area contributed by atoms with Gasteiger partial charge in [-0.3, -0.25) is 0 Å².